The Labute approximate surface area is 133 Å². The Bertz CT molecular complexity index is 766. The number of aldehydes is 1. The number of rotatable bonds is 6. The average Bonchev–Trinajstić information content (AvgIpc) is 2.94. The molecule has 1 aromatic rings. The Morgan fingerprint density at radius 3 is 2.52 bits per heavy atom. The number of carbonyl (C=O) groups excluding carboxylic acids is 2. The van der Waals surface area contributed by atoms with E-state index in [1.807, 2.05) is 13.8 Å². The molecule has 0 radical (unpaired) electrons. The largest absolute Gasteiger partial charge is 0.481 e. The molecular formula is C17H18N2O4. The van der Waals surface area contributed by atoms with Crippen LogP contribution in [0.5, 0.6) is 0 Å². The van der Waals surface area contributed by atoms with Gasteiger partial charge in [0.15, 0.2) is 6.29 Å². The summed E-state index contributed by atoms with van der Waals surface area (Å²) >= 11 is 0. The van der Waals surface area contributed by atoms with Crippen LogP contribution in [-0.2, 0) is 16.0 Å². The highest BCUT2D eigenvalue weighted by molar-refractivity contribution is 6.03. The molecule has 0 atom stereocenters. The first-order valence-corrected chi connectivity index (χ1v) is 7.14. The zero-order chi connectivity index (χ0) is 17.1. The molecule has 1 aliphatic heterocycles. The lowest BCUT2D eigenvalue weighted by atomic mass is 10.0. The minimum Gasteiger partial charge on any atom is -0.481 e. The fourth-order valence-corrected chi connectivity index (χ4v) is 2.61. The number of carboxylic acid groups (broad SMARTS) is 1. The van der Waals surface area contributed by atoms with E-state index in [0.717, 1.165) is 11.1 Å². The number of carbonyl (C=O) groups is 3. The maximum Gasteiger partial charge on any atom is 0.303 e. The molecule has 1 aliphatic rings. The van der Waals surface area contributed by atoms with Gasteiger partial charge in [0.1, 0.15) is 0 Å². The van der Waals surface area contributed by atoms with Crippen molar-refractivity contribution in [2.45, 2.75) is 26.7 Å². The zero-order valence-corrected chi connectivity index (χ0v) is 13.0. The predicted molar refractivity (Wildman–Crippen MR) is 85.9 cm³/mol. The molecule has 6 nitrogen and oxygen atoms in total. The molecule has 3 N–H and O–H groups in total. The van der Waals surface area contributed by atoms with Gasteiger partial charge in [0, 0.05) is 23.4 Å². The Morgan fingerprint density at radius 2 is 2.00 bits per heavy atom. The summed E-state index contributed by atoms with van der Waals surface area (Å²) in [5.74, 6) is -1.13. The summed E-state index contributed by atoms with van der Waals surface area (Å²) in [4.78, 5) is 36.7. The quantitative estimate of drug-likeness (QED) is 0.700. The summed E-state index contributed by atoms with van der Waals surface area (Å²) in [5, 5.41) is 11.6. The lowest BCUT2D eigenvalue weighted by Gasteiger charge is -2.01. The molecule has 0 spiro atoms. The van der Waals surface area contributed by atoms with E-state index in [4.69, 9.17) is 5.11 Å². The van der Waals surface area contributed by atoms with Gasteiger partial charge in [0.2, 0.25) is 0 Å². The summed E-state index contributed by atoms with van der Waals surface area (Å²) in [6.45, 7) is 7.25. The first kappa shape index (κ1) is 16.5. The number of carboxylic acids is 1. The first-order chi connectivity index (χ1) is 10.9. The van der Waals surface area contributed by atoms with E-state index in [1.54, 1.807) is 6.08 Å². The summed E-state index contributed by atoms with van der Waals surface area (Å²) < 4.78 is 0. The molecule has 0 saturated carbocycles. The van der Waals surface area contributed by atoms with Gasteiger partial charge in [-0.05, 0) is 43.0 Å². The number of nitrogens with one attached hydrogen (secondary N) is 2. The summed E-state index contributed by atoms with van der Waals surface area (Å²) in [6.07, 6.45) is 4.15. The Hall–Kier alpha value is -2.89. The number of aromatic nitrogens is 1. The third-order valence-corrected chi connectivity index (χ3v) is 3.95. The Balaban J connectivity index is 2.42. The monoisotopic (exact) mass is 314 g/mol. The van der Waals surface area contributed by atoms with Crippen LogP contribution in [0, 0.1) is 6.92 Å². The minimum atomic E-state index is -0.917. The van der Waals surface area contributed by atoms with Crippen molar-refractivity contribution in [1.82, 2.24) is 10.3 Å². The third-order valence-electron chi connectivity index (χ3n) is 3.95. The molecule has 1 aromatic heterocycles. The van der Waals surface area contributed by atoms with Crippen molar-refractivity contribution in [2.24, 2.45) is 0 Å². The lowest BCUT2D eigenvalue weighted by Crippen LogP contribution is -2.15. The molecule has 0 bridgehead atoms. The normalized spacial score (nSPS) is 15.9. The van der Waals surface area contributed by atoms with Crippen LogP contribution >= 0.6 is 0 Å². The molecule has 120 valence electrons. The number of hydrogen-bond acceptors (Lipinski definition) is 3. The minimum absolute atomic E-state index is 0.0498. The summed E-state index contributed by atoms with van der Waals surface area (Å²) in [7, 11) is 0. The fraction of sp³-hybridized carbons (Fsp3) is 0.235. The van der Waals surface area contributed by atoms with Crippen molar-refractivity contribution in [3.63, 3.8) is 0 Å². The van der Waals surface area contributed by atoms with Crippen LogP contribution in [0.4, 0.5) is 0 Å². The first-order valence-electron chi connectivity index (χ1n) is 7.14. The van der Waals surface area contributed by atoms with Crippen LogP contribution in [0.2, 0.25) is 0 Å². The predicted octanol–water partition coefficient (Wildman–Crippen LogP) is 2.13. The summed E-state index contributed by atoms with van der Waals surface area (Å²) in [5.41, 5.74) is 4.45. The third kappa shape index (κ3) is 3.15. The van der Waals surface area contributed by atoms with Gasteiger partial charge in [-0.2, -0.15) is 0 Å². The molecule has 6 heteroatoms. The molecule has 0 aromatic carbocycles. The molecular weight excluding hydrogens is 296 g/mol. The molecule has 2 rings (SSSR count). The van der Waals surface area contributed by atoms with Crippen LogP contribution in [0.25, 0.3) is 6.08 Å². The van der Waals surface area contributed by atoms with E-state index in [9.17, 15) is 14.4 Å². The highest BCUT2D eigenvalue weighted by Gasteiger charge is 2.22. The van der Waals surface area contributed by atoms with Crippen LogP contribution < -0.4 is 5.32 Å². The number of aromatic amines is 1. The second-order valence-electron chi connectivity index (χ2n) is 5.32. The van der Waals surface area contributed by atoms with Gasteiger partial charge in [0.25, 0.3) is 5.91 Å². The maximum atomic E-state index is 11.8. The maximum absolute atomic E-state index is 11.8. The van der Waals surface area contributed by atoms with Crippen molar-refractivity contribution < 1.29 is 19.5 Å². The van der Waals surface area contributed by atoms with Crippen LogP contribution in [-0.4, -0.2) is 28.3 Å². The number of aliphatic carboxylic acids is 1. The van der Waals surface area contributed by atoms with Crippen molar-refractivity contribution in [3.8, 4) is 0 Å². The standard InChI is InChI=1S/C17H18N2O4/c1-4-11-9(2)14(19-17(11)23)7-13-10(3)12(5-6-16(21)22)15(8-20)18-13/h4,7-8,18H,1,5-6H2,2-3H3,(H,19,23)(H,21,22)/b14-7-. The Morgan fingerprint density at radius 1 is 1.30 bits per heavy atom. The fourth-order valence-electron chi connectivity index (χ4n) is 2.61. The number of hydrogen-bond donors (Lipinski definition) is 3. The molecule has 0 aliphatic carbocycles. The van der Waals surface area contributed by atoms with Gasteiger partial charge in [-0.3, -0.25) is 14.4 Å². The molecule has 1 amide bonds. The van der Waals surface area contributed by atoms with Gasteiger partial charge < -0.3 is 15.4 Å². The second-order valence-corrected chi connectivity index (χ2v) is 5.32. The van der Waals surface area contributed by atoms with Crippen LogP contribution in [0.3, 0.4) is 0 Å². The molecule has 2 heterocycles. The van der Waals surface area contributed by atoms with Crippen molar-refractivity contribution in [3.05, 3.63) is 52.0 Å². The number of allylic oxidation sites excluding steroid dienone is 1. The van der Waals surface area contributed by atoms with Crippen molar-refractivity contribution in [2.75, 3.05) is 0 Å². The van der Waals surface area contributed by atoms with Gasteiger partial charge >= 0.3 is 5.97 Å². The van der Waals surface area contributed by atoms with Crippen LogP contribution in [0.1, 0.15) is 40.7 Å². The van der Waals surface area contributed by atoms with Gasteiger partial charge in [-0.1, -0.05) is 12.7 Å². The van der Waals surface area contributed by atoms with Gasteiger partial charge in [-0.25, -0.2) is 0 Å². The lowest BCUT2D eigenvalue weighted by molar-refractivity contribution is -0.137. The van der Waals surface area contributed by atoms with E-state index in [0.29, 0.717) is 34.5 Å². The zero-order valence-electron chi connectivity index (χ0n) is 13.0. The van der Waals surface area contributed by atoms with Crippen LogP contribution in [0.15, 0.2) is 29.5 Å². The average molecular weight is 314 g/mol. The van der Waals surface area contributed by atoms with Gasteiger partial charge in [-0.15, -0.1) is 0 Å². The van der Waals surface area contributed by atoms with E-state index >= 15 is 0 Å². The van der Waals surface area contributed by atoms with Crippen molar-refractivity contribution in [1.29, 1.82) is 0 Å². The van der Waals surface area contributed by atoms with E-state index < -0.39 is 5.97 Å². The Kier molecular flexibility index (Phi) is 4.64. The van der Waals surface area contributed by atoms with Crippen molar-refractivity contribution >= 4 is 24.2 Å². The number of amides is 1. The SMILES string of the molecule is C=CC1=C(C)/C(=C/c2[nH]c(C=O)c(CCC(=O)O)c2C)NC1=O. The van der Waals surface area contributed by atoms with Gasteiger partial charge in [0.05, 0.1) is 5.69 Å². The smallest absolute Gasteiger partial charge is 0.303 e. The molecule has 23 heavy (non-hydrogen) atoms. The molecule has 0 fully saturated rings. The summed E-state index contributed by atoms with van der Waals surface area (Å²) in [6, 6.07) is 0. The van der Waals surface area contributed by atoms with E-state index in [2.05, 4.69) is 16.9 Å². The van der Waals surface area contributed by atoms with E-state index in [-0.39, 0.29) is 18.7 Å². The molecule has 0 saturated heterocycles. The molecule has 0 unspecified atom stereocenters. The topological polar surface area (TPSA) is 99.3 Å². The highest BCUT2D eigenvalue weighted by atomic mass is 16.4. The second kappa shape index (κ2) is 6.48. The highest BCUT2D eigenvalue weighted by Crippen LogP contribution is 2.26. The van der Waals surface area contributed by atoms with E-state index in [1.165, 1.54) is 6.08 Å². The number of H-pyrrole nitrogens is 1.